The predicted molar refractivity (Wildman–Crippen MR) is 110 cm³/mol. The second kappa shape index (κ2) is 9.59. The molecule has 0 aliphatic rings. The van der Waals surface area contributed by atoms with Gasteiger partial charge in [0.25, 0.3) is 9.84 Å². The smallest absolute Gasteiger partial charge is 0.304 e. The highest BCUT2D eigenvalue weighted by atomic mass is 35.5. The van der Waals surface area contributed by atoms with E-state index in [-0.39, 0.29) is 17.9 Å². The van der Waals surface area contributed by atoms with Crippen LogP contribution >= 0.6 is 34.8 Å². The molecule has 3 nitrogen and oxygen atoms in total. The predicted octanol–water partition coefficient (Wildman–Crippen LogP) is 5.46. The first-order valence-corrected chi connectivity index (χ1v) is 10.9. The first kappa shape index (κ1) is 23.8. The number of benzene rings is 2. The van der Waals surface area contributed by atoms with Crippen molar-refractivity contribution in [2.75, 3.05) is 7.05 Å². The number of hydrogen-bond donors (Lipinski definition) is 1. The molecule has 2 rings (SSSR count). The van der Waals surface area contributed by atoms with Gasteiger partial charge in [0, 0.05) is 26.2 Å². The van der Waals surface area contributed by atoms with Crippen LogP contribution in [0.4, 0.5) is 13.2 Å². The lowest BCUT2D eigenvalue weighted by atomic mass is 10.0. The quantitative estimate of drug-likeness (QED) is 0.573. The Balaban J connectivity index is 2.33. The van der Waals surface area contributed by atoms with Gasteiger partial charge in [0.15, 0.2) is 0 Å². The molecule has 0 fully saturated rings. The molecule has 0 heterocycles. The van der Waals surface area contributed by atoms with Gasteiger partial charge >= 0.3 is 5.51 Å². The fourth-order valence-corrected chi connectivity index (χ4v) is 4.44. The van der Waals surface area contributed by atoms with Gasteiger partial charge < -0.3 is 5.32 Å². The summed E-state index contributed by atoms with van der Waals surface area (Å²) in [5.74, 6) is 5.77. The van der Waals surface area contributed by atoms with Crippen LogP contribution < -0.4 is 5.32 Å². The normalized spacial score (nSPS) is 12.9. The lowest BCUT2D eigenvalue weighted by molar-refractivity contribution is -0.0448. The first-order valence-electron chi connectivity index (χ1n) is 8.18. The summed E-state index contributed by atoms with van der Waals surface area (Å²) in [5.41, 5.74) is -3.89. The number of rotatable bonds is 5. The van der Waals surface area contributed by atoms with Gasteiger partial charge in [-0.3, -0.25) is 0 Å². The van der Waals surface area contributed by atoms with Crippen LogP contribution in [-0.2, 0) is 16.3 Å². The van der Waals surface area contributed by atoms with Gasteiger partial charge in [0.05, 0.1) is 0 Å². The highest BCUT2D eigenvalue weighted by molar-refractivity contribution is 7.92. The van der Waals surface area contributed by atoms with Crippen molar-refractivity contribution < 1.29 is 21.6 Å². The van der Waals surface area contributed by atoms with Gasteiger partial charge in [0.2, 0.25) is 0 Å². The Morgan fingerprint density at radius 1 is 1.07 bits per heavy atom. The second-order valence-electron chi connectivity index (χ2n) is 5.98. The molecule has 0 amide bonds. The zero-order valence-electron chi connectivity index (χ0n) is 14.9. The Kier molecular flexibility index (Phi) is 7.88. The molecule has 1 atom stereocenters. The van der Waals surface area contributed by atoms with Crippen molar-refractivity contribution in [3.8, 4) is 11.8 Å². The largest absolute Gasteiger partial charge is 0.498 e. The van der Waals surface area contributed by atoms with Crippen LogP contribution in [-0.4, -0.2) is 26.3 Å². The molecule has 0 spiro atoms. The van der Waals surface area contributed by atoms with E-state index < -0.39 is 20.7 Å². The average molecular weight is 485 g/mol. The molecule has 0 aromatic heterocycles. The SMILES string of the molecule is CNC(CCc1c(Cl)cccc1C#Cc1cc(Cl)cc(Cl)c1)S(=O)(=O)C(F)(F)F. The van der Waals surface area contributed by atoms with Crippen LogP contribution in [0.15, 0.2) is 36.4 Å². The summed E-state index contributed by atoms with van der Waals surface area (Å²) in [4.78, 5) is 0. The number of nitrogens with one attached hydrogen (secondary N) is 1. The highest BCUT2D eigenvalue weighted by Gasteiger charge is 2.50. The number of alkyl halides is 3. The fraction of sp³-hybridized carbons (Fsp3) is 0.263. The van der Waals surface area contributed by atoms with Crippen LogP contribution in [0, 0.1) is 11.8 Å². The van der Waals surface area contributed by atoms with E-state index in [1.807, 2.05) is 0 Å². The lowest BCUT2D eigenvalue weighted by Crippen LogP contribution is -2.42. The summed E-state index contributed by atoms with van der Waals surface area (Å²) in [6.07, 6.45) is -0.361. The van der Waals surface area contributed by atoms with Crippen LogP contribution in [0.3, 0.4) is 0 Å². The molecule has 0 saturated heterocycles. The third kappa shape index (κ3) is 6.03. The standard InChI is InChI=1S/C19H15Cl3F3NO2S/c1-26-18(29(27,28)19(23,24)25)8-7-16-13(3-2-4-17(16)22)6-5-12-9-14(20)11-15(21)10-12/h2-4,9-11,18,26H,7-8H2,1H3. The van der Waals surface area contributed by atoms with E-state index in [1.54, 1.807) is 36.4 Å². The molecule has 156 valence electrons. The Morgan fingerprint density at radius 3 is 2.24 bits per heavy atom. The van der Waals surface area contributed by atoms with Crippen molar-refractivity contribution in [2.45, 2.75) is 23.7 Å². The van der Waals surface area contributed by atoms with Crippen molar-refractivity contribution in [2.24, 2.45) is 0 Å². The maximum Gasteiger partial charge on any atom is 0.498 e. The Hall–Kier alpha value is -1.43. The van der Waals surface area contributed by atoms with E-state index in [0.717, 1.165) is 7.05 Å². The molecule has 10 heteroatoms. The number of hydrogen-bond acceptors (Lipinski definition) is 3. The molecule has 2 aromatic carbocycles. The van der Waals surface area contributed by atoms with Gasteiger partial charge in [-0.05, 0) is 55.8 Å². The maximum atomic E-state index is 12.8. The van der Waals surface area contributed by atoms with E-state index in [0.29, 0.717) is 26.7 Å². The summed E-state index contributed by atoms with van der Waals surface area (Å²) in [6.45, 7) is 0. The Labute approximate surface area is 182 Å². The van der Waals surface area contributed by atoms with Crippen molar-refractivity contribution in [1.82, 2.24) is 5.32 Å². The molecule has 0 aliphatic carbocycles. The van der Waals surface area contributed by atoms with E-state index >= 15 is 0 Å². The van der Waals surface area contributed by atoms with E-state index in [1.165, 1.54) is 0 Å². The zero-order valence-corrected chi connectivity index (χ0v) is 18.0. The minimum absolute atomic E-state index is 0.0270. The van der Waals surface area contributed by atoms with Crippen molar-refractivity contribution in [3.05, 3.63) is 68.2 Å². The second-order valence-corrected chi connectivity index (χ2v) is 9.38. The molecule has 0 bridgehead atoms. The van der Waals surface area contributed by atoms with Crippen LogP contribution in [0.2, 0.25) is 15.1 Å². The van der Waals surface area contributed by atoms with Gasteiger partial charge in [0.1, 0.15) is 5.37 Å². The number of sulfone groups is 1. The maximum absolute atomic E-state index is 12.8. The van der Waals surface area contributed by atoms with Gasteiger partial charge in [-0.2, -0.15) is 13.2 Å². The first-order chi connectivity index (χ1) is 13.5. The monoisotopic (exact) mass is 483 g/mol. The van der Waals surface area contributed by atoms with Crippen LogP contribution in [0.5, 0.6) is 0 Å². The van der Waals surface area contributed by atoms with E-state index in [4.69, 9.17) is 34.8 Å². The Morgan fingerprint density at radius 2 is 1.69 bits per heavy atom. The molecule has 0 radical (unpaired) electrons. The van der Waals surface area contributed by atoms with Crippen LogP contribution in [0.25, 0.3) is 0 Å². The van der Waals surface area contributed by atoms with Gasteiger partial charge in [-0.15, -0.1) is 0 Å². The molecule has 29 heavy (non-hydrogen) atoms. The summed E-state index contributed by atoms with van der Waals surface area (Å²) in [7, 11) is -4.21. The molecular weight excluding hydrogens is 470 g/mol. The number of halogens is 6. The average Bonchev–Trinajstić information content (AvgIpc) is 2.60. The molecule has 2 aromatic rings. The van der Waals surface area contributed by atoms with Gasteiger partial charge in [-0.1, -0.05) is 52.7 Å². The lowest BCUT2D eigenvalue weighted by Gasteiger charge is -2.19. The molecule has 0 saturated carbocycles. The van der Waals surface area contributed by atoms with Crippen LogP contribution in [0.1, 0.15) is 23.1 Å². The Bertz CT molecular complexity index is 1040. The topological polar surface area (TPSA) is 46.2 Å². The molecule has 0 aliphatic heterocycles. The molecule has 1 unspecified atom stereocenters. The van der Waals surface area contributed by atoms with Crippen molar-refractivity contribution in [3.63, 3.8) is 0 Å². The third-order valence-corrected chi connectivity index (χ3v) is 6.65. The molecular formula is C19H15Cl3F3NO2S. The molecule has 1 N–H and O–H groups in total. The van der Waals surface area contributed by atoms with Gasteiger partial charge in [-0.25, -0.2) is 8.42 Å². The minimum Gasteiger partial charge on any atom is -0.304 e. The fourth-order valence-electron chi connectivity index (χ4n) is 2.59. The van der Waals surface area contributed by atoms with Crippen molar-refractivity contribution >= 4 is 44.6 Å². The minimum atomic E-state index is -5.37. The van der Waals surface area contributed by atoms with E-state index in [2.05, 4.69) is 17.2 Å². The summed E-state index contributed by atoms with van der Waals surface area (Å²) in [6, 6.07) is 9.62. The summed E-state index contributed by atoms with van der Waals surface area (Å²) in [5, 5.41) is 1.50. The van der Waals surface area contributed by atoms with Crippen molar-refractivity contribution in [1.29, 1.82) is 0 Å². The zero-order chi connectivity index (χ0) is 21.8. The summed E-state index contributed by atoms with van der Waals surface area (Å²) >= 11 is 18.1. The highest BCUT2D eigenvalue weighted by Crippen LogP contribution is 2.29. The van der Waals surface area contributed by atoms with E-state index in [9.17, 15) is 21.6 Å². The summed E-state index contributed by atoms with van der Waals surface area (Å²) < 4.78 is 61.8. The third-order valence-electron chi connectivity index (χ3n) is 4.00.